The maximum Gasteiger partial charge on any atom is 0.224 e. The van der Waals surface area contributed by atoms with Crippen LogP contribution in [0.4, 0.5) is 0 Å². The average Bonchev–Trinajstić information content (AvgIpc) is 3.00. The number of carbonyl (C=O) groups is 1. The van der Waals surface area contributed by atoms with Crippen LogP contribution < -0.4 is 10.1 Å². The van der Waals surface area contributed by atoms with Crippen molar-refractivity contribution < 1.29 is 14.6 Å². The molecule has 0 radical (unpaired) electrons. The molecule has 2 N–H and O–H groups in total. The molecule has 3 rings (SSSR count). The van der Waals surface area contributed by atoms with Gasteiger partial charge in [-0.1, -0.05) is 35.9 Å². The highest BCUT2D eigenvalue weighted by Crippen LogP contribution is 2.27. The number of aliphatic hydroxyl groups excluding tert-OH is 1. The van der Waals surface area contributed by atoms with Crippen molar-refractivity contribution >= 4 is 5.91 Å². The number of carbonyl (C=O) groups excluding carboxylic acids is 1. The minimum Gasteiger partial charge on any atom is -0.493 e. The molecule has 0 aromatic heterocycles. The molecule has 4 heteroatoms. The van der Waals surface area contributed by atoms with Crippen LogP contribution in [0, 0.1) is 6.92 Å². The normalized spacial score (nSPS) is 14.0. The predicted octanol–water partition coefficient (Wildman–Crippen LogP) is 2.32. The largest absolute Gasteiger partial charge is 0.493 e. The van der Waals surface area contributed by atoms with Gasteiger partial charge in [0.15, 0.2) is 0 Å². The van der Waals surface area contributed by atoms with Gasteiger partial charge in [-0.05, 0) is 35.7 Å². The zero-order valence-corrected chi connectivity index (χ0v) is 13.2. The molecule has 0 bridgehead atoms. The summed E-state index contributed by atoms with van der Waals surface area (Å²) in [5.41, 5.74) is 4.04. The molecular formula is C19H21NO3. The van der Waals surface area contributed by atoms with Gasteiger partial charge >= 0.3 is 0 Å². The molecule has 0 saturated carbocycles. The second-order valence-electron chi connectivity index (χ2n) is 5.95. The summed E-state index contributed by atoms with van der Waals surface area (Å²) in [6.45, 7) is 2.91. The van der Waals surface area contributed by atoms with E-state index in [2.05, 4.69) is 5.32 Å². The Morgan fingerprint density at radius 2 is 2.17 bits per heavy atom. The Labute approximate surface area is 136 Å². The molecule has 120 valence electrons. The fraction of sp³-hybridized carbons (Fsp3) is 0.316. The number of aryl methyl sites for hydroxylation is 1. The van der Waals surface area contributed by atoms with Gasteiger partial charge in [0.05, 0.1) is 19.1 Å². The maximum absolute atomic E-state index is 12.0. The van der Waals surface area contributed by atoms with Crippen molar-refractivity contribution in [3.63, 3.8) is 0 Å². The SMILES string of the molecule is Cc1cccc(CC(=O)NCC(O)c2ccc3c(c2)CCO3)c1. The van der Waals surface area contributed by atoms with E-state index in [0.717, 1.165) is 34.4 Å². The standard InChI is InChI=1S/C19H21NO3/c1-13-3-2-4-14(9-13)10-19(22)20-12-17(21)15-5-6-18-16(11-15)7-8-23-18/h2-6,9,11,17,21H,7-8,10,12H2,1H3,(H,20,22). The van der Waals surface area contributed by atoms with Crippen molar-refractivity contribution in [1.82, 2.24) is 5.32 Å². The van der Waals surface area contributed by atoms with Gasteiger partial charge in [0.2, 0.25) is 5.91 Å². The fourth-order valence-electron chi connectivity index (χ4n) is 2.81. The lowest BCUT2D eigenvalue weighted by Gasteiger charge is -2.13. The van der Waals surface area contributed by atoms with Gasteiger partial charge in [-0.15, -0.1) is 0 Å². The van der Waals surface area contributed by atoms with Gasteiger partial charge in [0.1, 0.15) is 5.75 Å². The Morgan fingerprint density at radius 1 is 1.30 bits per heavy atom. The highest BCUT2D eigenvalue weighted by molar-refractivity contribution is 5.78. The van der Waals surface area contributed by atoms with Crippen LogP contribution in [0.25, 0.3) is 0 Å². The molecule has 1 amide bonds. The molecule has 4 nitrogen and oxygen atoms in total. The van der Waals surface area contributed by atoms with Gasteiger partial charge in [0.25, 0.3) is 0 Å². The van der Waals surface area contributed by atoms with Crippen LogP contribution in [0.15, 0.2) is 42.5 Å². The third kappa shape index (κ3) is 3.90. The summed E-state index contributed by atoms with van der Waals surface area (Å²) < 4.78 is 5.46. The first-order valence-corrected chi connectivity index (χ1v) is 7.88. The van der Waals surface area contributed by atoms with E-state index >= 15 is 0 Å². The van der Waals surface area contributed by atoms with Crippen molar-refractivity contribution in [3.05, 3.63) is 64.7 Å². The summed E-state index contributed by atoms with van der Waals surface area (Å²) in [5.74, 6) is 0.809. The highest BCUT2D eigenvalue weighted by atomic mass is 16.5. The van der Waals surface area contributed by atoms with E-state index in [-0.39, 0.29) is 12.5 Å². The first kappa shape index (κ1) is 15.6. The summed E-state index contributed by atoms with van der Waals surface area (Å²) in [7, 11) is 0. The minimum absolute atomic E-state index is 0.0841. The number of amides is 1. The zero-order chi connectivity index (χ0) is 16.2. The van der Waals surface area contributed by atoms with E-state index in [0.29, 0.717) is 13.0 Å². The number of aliphatic hydroxyl groups is 1. The van der Waals surface area contributed by atoms with Gasteiger partial charge in [-0.2, -0.15) is 0 Å². The first-order chi connectivity index (χ1) is 11.1. The van der Waals surface area contributed by atoms with Crippen LogP contribution in [0.2, 0.25) is 0 Å². The van der Waals surface area contributed by atoms with Crippen molar-refractivity contribution in [2.24, 2.45) is 0 Å². The van der Waals surface area contributed by atoms with Gasteiger partial charge < -0.3 is 15.2 Å². The summed E-state index contributed by atoms with van der Waals surface area (Å²) >= 11 is 0. The maximum atomic E-state index is 12.0. The second kappa shape index (κ2) is 6.84. The van der Waals surface area contributed by atoms with Crippen LogP contribution in [0.1, 0.15) is 28.4 Å². The number of nitrogens with one attached hydrogen (secondary N) is 1. The predicted molar refractivity (Wildman–Crippen MR) is 88.5 cm³/mol. The summed E-state index contributed by atoms with van der Waals surface area (Å²) in [4.78, 5) is 12.0. The lowest BCUT2D eigenvalue weighted by Crippen LogP contribution is -2.29. The Bertz CT molecular complexity index is 712. The number of hydrogen-bond acceptors (Lipinski definition) is 3. The molecule has 1 atom stereocenters. The molecule has 1 heterocycles. The van der Waals surface area contributed by atoms with E-state index in [4.69, 9.17) is 4.74 Å². The Morgan fingerprint density at radius 3 is 3.00 bits per heavy atom. The molecule has 1 unspecified atom stereocenters. The molecule has 0 aliphatic carbocycles. The topological polar surface area (TPSA) is 58.6 Å². The van der Waals surface area contributed by atoms with Crippen LogP contribution in [0.3, 0.4) is 0 Å². The minimum atomic E-state index is -0.706. The van der Waals surface area contributed by atoms with Crippen molar-refractivity contribution in [3.8, 4) is 5.75 Å². The number of ether oxygens (including phenoxy) is 1. The van der Waals surface area contributed by atoms with E-state index in [1.165, 1.54) is 0 Å². The molecular weight excluding hydrogens is 290 g/mol. The van der Waals surface area contributed by atoms with Gasteiger partial charge in [-0.3, -0.25) is 4.79 Å². The number of benzene rings is 2. The second-order valence-corrected chi connectivity index (χ2v) is 5.95. The lowest BCUT2D eigenvalue weighted by atomic mass is 10.0. The van der Waals surface area contributed by atoms with Crippen molar-refractivity contribution in [1.29, 1.82) is 0 Å². The molecule has 0 spiro atoms. The van der Waals surface area contributed by atoms with Crippen LogP contribution in [0.5, 0.6) is 5.75 Å². The van der Waals surface area contributed by atoms with Crippen LogP contribution >= 0.6 is 0 Å². The van der Waals surface area contributed by atoms with Gasteiger partial charge in [0, 0.05) is 13.0 Å². The third-order valence-corrected chi connectivity index (χ3v) is 4.04. The Kier molecular flexibility index (Phi) is 4.63. The van der Waals surface area contributed by atoms with E-state index in [1.807, 2.05) is 49.4 Å². The van der Waals surface area contributed by atoms with E-state index in [1.54, 1.807) is 0 Å². The fourth-order valence-corrected chi connectivity index (χ4v) is 2.81. The summed E-state index contributed by atoms with van der Waals surface area (Å²) in [6, 6.07) is 13.6. The smallest absolute Gasteiger partial charge is 0.224 e. The molecule has 0 fully saturated rings. The first-order valence-electron chi connectivity index (χ1n) is 7.88. The molecule has 1 aliphatic rings. The molecule has 2 aromatic rings. The highest BCUT2D eigenvalue weighted by Gasteiger charge is 2.16. The summed E-state index contributed by atoms with van der Waals surface area (Å²) in [6.07, 6.45) is 0.490. The zero-order valence-electron chi connectivity index (χ0n) is 13.2. The van der Waals surface area contributed by atoms with Crippen LogP contribution in [-0.4, -0.2) is 24.2 Å². The number of rotatable bonds is 5. The van der Waals surface area contributed by atoms with Gasteiger partial charge in [-0.25, -0.2) is 0 Å². The summed E-state index contributed by atoms with van der Waals surface area (Å²) in [5, 5.41) is 13.1. The lowest BCUT2D eigenvalue weighted by molar-refractivity contribution is -0.120. The van der Waals surface area contributed by atoms with Crippen molar-refractivity contribution in [2.75, 3.05) is 13.2 Å². The number of hydrogen-bond donors (Lipinski definition) is 2. The van der Waals surface area contributed by atoms with E-state index in [9.17, 15) is 9.90 Å². The molecule has 1 aliphatic heterocycles. The Balaban J connectivity index is 1.54. The van der Waals surface area contributed by atoms with E-state index < -0.39 is 6.10 Å². The third-order valence-electron chi connectivity index (χ3n) is 4.04. The Hall–Kier alpha value is -2.33. The van der Waals surface area contributed by atoms with Crippen LogP contribution in [-0.2, 0) is 17.6 Å². The molecule has 23 heavy (non-hydrogen) atoms. The molecule has 2 aromatic carbocycles. The van der Waals surface area contributed by atoms with Crippen molar-refractivity contribution in [2.45, 2.75) is 25.9 Å². The quantitative estimate of drug-likeness (QED) is 0.891. The average molecular weight is 311 g/mol. The monoisotopic (exact) mass is 311 g/mol. The molecule has 0 saturated heterocycles. The number of fused-ring (bicyclic) bond motifs is 1.